The second kappa shape index (κ2) is 11.4. The Bertz CT molecular complexity index is 1040. The van der Waals surface area contributed by atoms with Crippen LogP contribution in [0.15, 0.2) is 54.6 Å². The summed E-state index contributed by atoms with van der Waals surface area (Å²) in [7, 11) is 0. The molecule has 6 nitrogen and oxygen atoms in total. The maximum Gasteiger partial charge on any atom is 0.227 e. The fraction of sp³-hybridized carbons (Fsp3) is 0.444. The van der Waals surface area contributed by atoms with Gasteiger partial charge in [0.2, 0.25) is 5.88 Å². The molecule has 0 aliphatic rings. The van der Waals surface area contributed by atoms with Crippen LogP contribution in [0.5, 0.6) is 11.6 Å². The zero-order chi connectivity index (χ0) is 24.9. The summed E-state index contributed by atoms with van der Waals surface area (Å²) < 4.78 is 14.0. The van der Waals surface area contributed by atoms with Crippen molar-refractivity contribution < 1.29 is 14.6 Å². The summed E-state index contributed by atoms with van der Waals surface area (Å²) in [6.07, 6.45) is -0.605. The molecule has 0 fully saturated rings. The van der Waals surface area contributed by atoms with Crippen molar-refractivity contribution >= 4 is 11.6 Å². The van der Waals surface area contributed by atoms with Gasteiger partial charge in [-0.2, -0.15) is 5.10 Å². The normalized spacial score (nSPS) is 13.0. The van der Waals surface area contributed by atoms with Gasteiger partial charge in [-0.1, -0.05) is 29.8 Å². The molecule has 0 aliphatic heterocycles. The molecule has 0 radical (unpaired) electrons. The third-order valence-corrected chi connectivity index (χ3v) is 5.66. The minimum Gasteiger partial charge on any atom is -0.439 e. The van der Waals surface area contributed by atoms with Crippen LogP contribution in [0, 0.1) is 6.92 Å². The quantitative estimate of drug-likeness (QED) is 0.381. The Morgan fingerprint density at radius 1 is 1.06 bits per heavy atom. The minimum atomic E-state index is -0.605. The van der Waals surface area contributed by atoms with Crippen molar-refractivity contribution in [2.45, 2.75) is 65.8 Å². The lowest BCUT2D eigenvalue weighted by molar-refractivity contribution is -0.0587. The molecule has 1 heterocycles. The number of halogens is 1. The molecular weight excluding hydrogens is 450 g/mol. The topological polar surface area (TPSA) is 59.8 Å². The number of aliphatic hydroxyl groups is 1. The summed E-state index contributed by atoms with van der Waals surface area (Å²) in [5.74, 6) is 1.33. The molecule has 3 aromatic rings. The average Bonchev–Trinajstić information content (AvgIpc) is 3.08. The SMILES string of the molecule is Cc1nn(-c2ccccc2)c(Oc2ccc(Cl)cc2)c1CN(CC(O)COC(C)(C)C)C(C)C. The zero-order valence-corrected chi connectivity index (χ0v) is 21.7. The first-order valence-electron chi connectivity index (χ1n) is 11.7. The molecule has 1 atom stereocenters. The monoisotopic (exact) mass is 485 g/mol. The van der Waals surface area contributed by atoms with Gasteiger partial charge in [0.15, 0.2) is 0 Å². The highest BCUT2D eigenvalue weighted by Crippen LogP contribution is 2.32. The molecule has 1 unspecified atom stereocenters. The molecule has 0 spiro atoms. The Balaban J connectivity index is 1.92. The Hall–Kier alpha value is -2.38. The van der Waals surface area contributed by atoms with Crippen LogP contribution in [-0.2, 0) is 11.3 Å². The summed E-state index contributed by atoms with van der Waals surface area (Å²) in [5.41, 5.74) is 2.46. The first-order valence-corrected chi connectivity index (χ1v) is 12.0. The van der Waals surface area contributed by atoms with Crippen molar-refractivity contribution in [3.05, 3.63) is 70.9 Å². The zero-order valence-electron chi connectivity index (χ0n) is 21.0. The van der Waals surface area contributed by atoms with Gasteiger partial charge in [0.25, 0.3) is 0 Å². The predicted molar refractivity (Wildman–Crippen MR) is 137 cm³/mol. The molecule has 3 rings (SSSR count). The van der Waals surface area contributed by atoms with Crippen LogP contribution in [0.25, 0.3) is 5.69 Å². The highest BCUT2D eigenvalue weighted by atomic mass is 35.5. The molecule has 0 saturated carbocycles. The second-order valence-corrected chi connectivity index (χ2v) is 10.2. The highest BCUT2D eigenvalue weighted by molar-refractivity contribution is 6.30. The van der Waals surface area contributed by atoms with E-state index >= 15 is 0 Å². The molecule has 1 N–H and O–H groups in total. The number of aryl methyl sites for hydroxylation is 1. The second-order valence-electron chi connectivity index (χ2n) is 9.77. The standard InChI is InChI=1S/C27H36ClN3O3/c1-19(2)30(16-23(32)18-33-27(4,5)6)17-25-20(3)29-31(22-10-8-7-9-11-22)26(25)34-24-14-12-21(28)13-15-24/h7-15,19,23,32H,16-18H2,1-6H3. The van der Waals surface area contributed by atoms with Crippen molar-refractivity contribution in [1.29, 1.82) is 0 Å². The van der Waals surface area contributed by atoms with Crippen LogP contribution >= 0.6 is 11.6 Å². The minimum absolute atomic E-state index is 0.201. The van der Waals surface area contributed by atoms with E-state index in [1.807, 2.05) is 74.8 Å². The van der Waals surface area contributed by atoms with E-state index in [1.54, 1.807) is 12.1 Å². The van der Waals surface area contributed by atoms with E-state index < -0.39 is 6.10 Å². The number of hydrogen-bond donors (Lipinski definition) is 1. The highest BCUT2D eigenvalue weighted by Gasteiger charge is 2.24. The van der Waals surface area contributed by atoms with Crippen LogP contribution in [0.2, 0.25) is 5.02 Å². The Morgan fingerprint density at radius 2 is 1.71 bits per heavy atom. The van der Waals surface area contributed by atoms with Crippen molar-refractivity contribution in [3.63, 3.8) is 0 Å². The van der Waals surface area contributed by atoms with E-state index in [9.17, 15) is 5.11 Å². The van der Waals surface area contributed by atoms with Crippen molar-refractivity contribution in [3.8, 4) is 17.3 Å². The van der Waals surface area contributed by atoms with E-state index in [2.05, 4.69) is 18.7 Å². The third kappa shape index (κ3) is 7.31. The number of benzene rings is 2. The fourth-order valence-electron chi connectivity index (χ4n) is 3.51. The molecule has 34 heavy (non-hydrogen) atoms. The van der Waals surface area contributed by atoms with Gasteiger partial charge in [-0.25, -0.2) is 4.68 Å². The molecule has 184 valence electrons. The van der Waals surface area contributed by atoms with E-state index in [0.717, 1.165) is 16.9 Å². The lowest BCUT2D eigenvalue weighted by Gasteiger charge is -2.30. The van der Waals surface area contributed by atoms with Crippen molar-refractivity contribution in [2.75, 3.05) is 13.2 Å². The third-order valence-electron chi connectivity index (χ3n) is 5.41. The first kappa shape index (κ1) is 26.2. The molecule has 0 aliphatic carbocycles. The lowest BCUT2D eigenvalue weighted by atomic mass is 10.1. The van der Waals surface area contributed by atoms with Gasteiger partial charge in [0, 0.05) is 24.2 Å². The van der Waals surface area contributed by atoms with E-state index in [0.29, 0.717) is 29.7 Å². The van der Waals surface area contributed by atoms with Gasteiger partial charge < -0.3 is 14.6 Å². The molecule has 0 bridgehead atoms. The maximum absolute atomic E-state index is 10.7. The Morgan fingerprint density at radius 3 is 2.29 bits per heavy atom. The maximum atomic E-state index is 10.7. The molecule has 0 amide bonds. The number of para-hydroxylation sites is 1. The van der Waals surface area contributed by atoms with Gasteiger partial charge in [-0.3, -0.25) is 4.90 Å². The summed E-state index contributed by atoms with van der Waals surface area (Å²) in [4.78, 5) is 2.21. The lowest BCUT2D eigenvalue weighted by Crippen LogP contribution is -2.40. The number of aliphatic hydroxyl groups excluding tert-OH is 1. The number of ether oxygens (including phenoxy) is 2. The van der Waals surface area contributed by atoms with Gasteiger partial charge in [0.05, 0.1) is 35.3 Å². The van der Waals surface area contributed by atoms with Gasteiger partial charge in [-0.05, 0) is 77.9 Å². The summed E-state index contributed by atoms with van der Waals surface area (Å²) in [6.45, 7) is 13.5. The summed E-state index contributed by atoms with van der Waals surface area (Å²) in [5, 5.41) is 16.1. The predicted octanol–water partition coefficient (Wildman–Crippen LogP) is 6.01. The van der Waals surface area contributed by atoms with Crippen LogP contribution in [0.4, 0.5) is 0 Å². The van der Waals surface area contributed by atoms with Gasteiger partial charge >= 0.3 is 0 Å². The van der Waals surface area contributed by atoms with Gasteiger partial charge in [0.1, 0.15) is 5.75 Å². The average molecular weight is 486 g/mol. The Kier molecular flexibility index (Phi) is 8.77. The van der Waals surface area contributed by atoms with Crippen molar-refractivity contribution in [1.82, 2.24) is 14.7 Å². The summed E-state index contributed by atoms with van der Waals surface area (Å²) >= 11 is 6.07. The molecule has 1 aromatic heterocycles. The van der Waals surface area contributed by atoms with E-state index in [1.165, 1.54) is 0 Å². The Labute approximate surface area is 208 Å². The molecule has 2 aromatic carbocycles. The van der Waals surface area contributed by atoms with Crippen LogP contribution in [0.1, 0.15) is 45.9 Å². The number of rotatable bonds is 10. The molecule has 7 heteroatoms. The van der Waals surface area contributed by atoms with Gasteiger partial charge in [-0.15, -0.1) is 0 Å². The number of hydrogen-bond acceptors (Lipinski definition) is 5. The molecule has 0 saturated heterocycles. The number of aromatic nitrogens is 2. The van der Waals surface area contributed by atoms with Crippen LogP contribution < -0.4 is 4.74 Å². The van der Waals surface area contributed by atoms with Crippen molar-refractivity contribution in [2.24, 2.45) is 0 Å². The number of nitrogens with zero attached hydrogens (tertiary/aromatic N) is 3. The smallest absolute Gasteiger partial charge is 0.227 e. The largest absolute Gasteiger partial charge is 0.439 e. The first-order chi connectivity index (χ1) is 16.0. The molecular formula is C27H36ClN3O3. The van der Waals surface area contributed by atoms with E-state index in [4.69, 9.17) is 26.2 Å². The van der Waals surface area contributed by atoms with Crippen LogP contribution in [0.3, 0.4) is 0 Å². The van der Waals surface area contributed by atoms with Crippen LogP contribution in [-0.4, -0.2) is 50.7 Å². The summed E-state index contributed by atoms with van der Waals surface area (Å²) in [6, 6.07) is 17.4. The fourth-order valence-corrected chi connectivity index (χ4v) is 3.64. The van der Waals surface area contributed by atoms with E-state index in [-0.39, 0.29) is 18.2 Å².